The second-order valence-corrected chi connectivity index (χ2v) is 9.18. The summed E-state index contributed by atoms with van der Waals surface area (Å²) in [6.07, 6.45) is 2.17. The number of sulfonamides is 1. The summed E-state index contributed by atoms with van der Waals surface area (Å²) < 4.78 is 31.9. The molecular weight excluding hydrogens is 376 g/mol. The maximum Gasteiger partial charge on any atom is 0.214 e. The lowest BCUT2D eigenvalue weighted by molar-refractivity contribution is 0.230. The molecule has 1 atom stereocenters. The maximum absolute atomic E-state index is 12.2. The van der Waals surface area contributed by atoms with Gasteiger partial charge in [0.05, 0.1) is 12.3 Å². The SMILES string of the molecule is CCCS(=O)(=O)N1CCC(NC(=NCC(C)Oc2ccccc2)NCC)CC1. The average Bonchev–Trinajstić information content (AvgIpc) is 2.67. The first-order valence-corrected chi connectivity index (χ1v) is 11.8. The number of benzene rings is 1. The lowest BCUT2D eigenvalue weighted by atomic mass is 10.1. The van der Waals surface area contributed by atoms with Gasteiger partial charge in [0, 0.05) is 25.7 Å². The largest absolute Gasteiger partial charge is 0.489 e. The third kappa shape index (κ3) is 7.31. The number of guanidine groups is 1. The molecule has 0 saturated carbocycles. The molecule has 1 saturated heterocycles. The van der Waals surface area contributed by atoms with Crippen LogP contribution in [-0.4, -0.2) is 62.8 Å². The summed E-state index contributed by atoms with van der Waals surface area (Å²) in [6, 6.07) is 9.94. The van der Waals surface area contributed by atoms with E-state index in [1.54, 1.807) is 4.31 Å². The molecule has 0 aromatic heterocycles. The molecule has 158 valence electrons. The number of aliphatic imine (C=N–C) groups is 1. The molecule has 1 aliphatic heterocycles. The molecule has 28 heavy (non-hydrogen) atoms. The van der Waals surface area contributed by atoms with E-state index in [2.05, 4.69) is 15.6 Å². The van der Waals surface area contributed by atoms with Crippen LogP contribution in [-0.2, 0) is 10.0 Å². The molecule has 0 spiro atoms. The van der Waals surface area contributed by atoms with Crippen LogP contribution < -0.4 is 15.4 Å². The van der Waals surface area contributed by atoms with E-state index in [9.17, 15) is 8.42 Å². The monoisotopic (exact) mass is 410 g/mol. The van der Waals surface area contributed by atoms with E-state index in [0.29, 0.717) is 26.1 Å². The maximum atomic E-state index is 12.2. The first-order valence-electron chi connectivity index (χ1n) is 10.2. The predicted octanol–water partition coefficient (Wildman–Crippen LogP) is 2.21. The van der Waals surface area contributed by atoms with E-state index < -0.39 is 10.0 Å². The fourth-order valence-corrected chi connectivity index (χ4v) is 4.71. The molecule has 7 nitrogen and oxygen atoms in total. The van der Waals surface area contributed by atoms with Crippen molar-refractivity contribution in [3.63, 3.8) is 0 Å². The summed E-state index contributed by atoms with van der Waals surface area (Å²) in [5.41, 5.74) is 0. The van der Waals surface area contributed by atoms with Crippen molar-refractivity contribution in [2.24, 2.45) is 4.99 Å². The van der Waals surface area contributed by atoms with Crippen LogP contribution in [0.2, 0.25) is 0 Å². The standard InChI is InChI=1S/C20H34N4O3S/c1-4-15-28(25,26)24-13-11-18(12-14-24)23-20(21-5-2)22-16-17(3)27-19-9-7-6-8-10-19/h6-10,17-18H,4-5,11-16H2,1-3H3,(H2,21,22,23). The van der Waals surface area contributed by atoms with Crippen molar-refractivity contribution in [1.82, 2.24) is 14.9 Å². The fraction of sp³-hybridized carbons (Fsp3) is 0.650. The minimum Gasteiger partial charge on any atom is -0.489 e. The number of ether oxygens (including phenoxy) is 1. The van der Waals surface area contributed by atoms with Crippen LogP contribution in [0.3, 0.4) is 0 Å². The summed E-state index contributed by atoms with van der Waals surface area (Å²) in [7, 11) is -3.10. The van der Waals surface area contributed by atoms with Gasteiger partial charge >= 0.3 is 0 Å². The summed E-state index contributed by atoms with van der Waals surface area (Å²) in [5.74, 6) is 1.82. The van der Waals surface area contributed by atoms with Crippen molar-refractivity contribution in [3.05, 3.63) is 30.3 Å². The van der Waals surface area contributed by atoms with Crippen molar-refractivity contribution in [2.45, 2.75) is 52.2 Å². The second-order valence-electron chi connectivity index (χ2n) is 7.09. The first kappa shape index (κ1) is 22.5. The van der Waals surface area contributed by atoms with Crippen LogP contribution in [0, 0.1) is 0 Å². The highest BCUT2D eigenvalue weighted by molar-refractivity contribution is 7.89. The van der Waals surface area contributed by atoms with Gasteiger partial charge in [-0.2, -0.15) is 0 Å². The van der Waals surface area contributed by atoms with Gasteiger partial charge in [-0.1, -0.05) is 25.1 Å². The van der Waals surface area contributed by atoms with E-state index in [1.165, 1.54) is 0 Å². The molecule has 0 radical (unpaired) electrons. The molecular formula is C20H34N4O3S. The van der Waals surface area contributed by atoms with Gasteiger partial charge in [0.15, 0.2) is 5.96 Å². The zero-order valence-corrected chi connectivity index (χ0v) is 18.0. The number of rotatable bonds is 9. The van der Waals surface area contributed by atoms with Crippen molar-refractivity contribution in [2.75, 3.05) is 31.9 Å². The van der Waals surface area contributed by atoms with E-state index in [-0.39, 0.29) is 17.9 Å². The molecule has 0 amide bonds. The molecule has 1 aromatic rings. The number of para-hydroxylation sites is 1. The van der Waals surface area contributed by atoms with Crippen LogP contribution in [0.1, 0.15) is 40.0 Å². The smallest absolute Gasteiger partial charge is 0.214 e. The number of nitrogens with zero attached hydrogens (tertiary/aromatic N) is 2. The topological polar surface area (TPSA) is 83.0 Å². The lowest BCUT2D eigenvalue weighted by Crippen LogP contribution is -2.50. The van der Waals surface area contributed by atoms with Gasteiger partial charge in [-0.25, -0.2) is 17.7 Å². The van der Waals surface area contributed by atoms with Crippen molar-refractivity contribution in [3.8, 4) is 5.75 Å². The Morgan fingerprint density at radius 2 is 1.93 bits per heavy atom. The summed E-state index contributed by atoms with van der Waals surface area (Å²) in [5, 5.41) is 6.70. The molecule has 1 unspecified atom stereocenters. The highest BCUT2D eigenvalue weighted by Gasteiger charge is 2.27. The first-order chi connectivity index (χ1) is 13.4. The van der Waals surface area contributed by atoms with Crippen LogP contribution in [0.5, 0.6) is 5.75 Å². The Labute approximate surface area is 169 Å². The van der Waals surface area contributed by atoms with E-state index >= 15 is 0 Å². The Bertz CT molecular complexity index is 701. The average molecular weight is 411 g/mol. The van der Waals surface area contributed by atoms with Crippen LogP contribution in [0.15, 0.2) is 35.3 Å². The molecule has 8 heteroatoms. The van der Waals surface area contributed by atoms with Crippen molar-refractivity contribution >= 4 is 16.0 Å². The molecule has 0 aliphatic carbocycles. The number of piperidine rings is 1. The summed E-state index contributed by atoms with van der Waals surface area (Å²) >= 11 is 0. The Balaban J connectivity index is 1.84. The van der Waals surface area contributed by atoms with E-state index in [0.717, 1.165) is 31.1 Å². The molecule has 2 rings (SSSR count). The van der Waals surface area contributed by atoms with Gasteiger partial charge in [0.1, 0.15) is 11.9 Å². The fourth-order valence-electron chi connectivity index (χ4n) is 3.17. The van der Waals surface area contributed by atoms with E-state index in [4.69, 9.17) is 4.74 Å². The molecule has 1 aromatic carbocycles. The Kier molecular flexibility index (Phi) is 9.05. The normalized spacial score (nSPS) is 17.9. The second kappa shape index (κ2) is 11.3. The molecule has 2 N–H and O–H groups in total. The van der Waals surface area contributed by atoms with Crippen LogP contribution in [0.25, 0.3) is 0 Å². The summed E-state index contributed by atoms with van der Waals surface area (Å²) in [6.45, 7) is 8.35. The van der Waals surface area contributed by atoms with Crippen LogP contribution >= 0.6 is 0 Å². The minimum atomic E-state index is -3.10. The predicted molar refractivity (Wildman–Crippen MR) is 114 cm³/mol. The minimum absolute atomic E-state index is 0.0427. The number of nitrogens with one attached hydrogen (secondary N) is 2. The van der Waals surface area contributed by atoms with Crippen molar-refractivity contribution in [1.29, 1.82) is 0 Å². The quantitative estimate of drug-likeness (QED) is 0.482. The molecule has 1 fully saturated rings. The number of hydrogen-bond acceptors (Lipinski definition) is 4. The van der Waals surface area contributed by atoms with Gasteiger partial charge in [0.25, 0.3) is 0 Å². The van der Waals surface area contributed by atoms with Gasteiger partial charge in [0.2, 0.25) is 10.0 Å². The Morgan fingerprint density at radius 1 is 1.25 bits per heavy atom. The third-order valence-corrected chi connectivity index (χ3v) is 6.66. The number of hydrogen-bond donors (Lipinski definition) is 2. The van der Waals surface area contributed by atoms with Gasteiger partial charge in [-0.15, -0.1) is 0 Å². The third-order valence-electron chi connectivity index (χ3n) is 4.58. The van der Waals surface area contributed by atoms with Gasteiger partial charge in [-0.05, 0) is 45.2 Å². The highest BCUT2D eigenvalue weighted by Crippen LogP contribution is 2.15. The molecule has 1 heterocycles. The Hall–Kier alpha value is -1.80. The lowest BCUT2D eigenvalue weighted by Gasteiger charge is -2.32. The Morgan fingerprint density at radius 3 is 2.54 bits per heavy atom. The zero-order valence-electron chi connectivity index (χ0n) is 17.2. The zero-order chi connectivity index (χ0) is 20.4. The van der Waals surface area contributed by atoms with Crippen molar-refractivity contribution < 1.29 is 13.2 Å². The summed E-state index contributed by atoms with van der Waals surface area (Å²) in [4.78, 5) is 4.64. The highest BCUT2D eigenvalue weighted by atomic mass is 32.2. The van der Waals surface area contributed by atoms with E-state index in [1.807, 2.05) is 51.1 Å². The molecule has 0 bridgehead atoms. The van der Waals surface area contributed by atoms with Gasteiger partial charge < -0.3 is 15.4 Å². The van der Waals surface area contributed by atoms with Crippen LogP contribution in [0.4, 0.5) is 0 Å². The molecule has 1 aliphatic rings. The van der Waals surface area contributed by atoms with Gasteiger partial charge in [-0.3, -0.25) is 0 Å².